The predicted molar refractivity (Wildman–Crippen MR) is 84.9 cm³/mol. The maximum Gasteiger partial charge on any atom is 0.0894 e. The van der Waals surface area contributed by atoms with E-state index >= 15 is 0 Å². The molecule has 2 aromatic heterocycles. The molecule has 0 radical (unpaired) electrons. The van der Waals surface area contributed by atoms with Gasteiger partial charge in [0.2, 0.25) is 0 Å². The van der Waals surface area contributed by atoms with Crippen molar-refractivity contribution in [3.05, 3.63) is 29.8 Å². The van der Waals surface area contributed by atoms with Gasteiger partial charge in [-0.3, -0.25) is 9.58 Å². The van der Waals surface area contributed by atoms with Crippen LogP contribution in [0.3, 0.4) is 0 Å². The monoisotopic (exact) mass is 316 g/mol. The lowest BCUT2D eigenvalue weighted by atomic mass is 10.0. The van der Waals surface area contributed by atoms with Gasteiger partial charge in [-0.2, -0.15) is 20.5 Å². The summed E-state index contributed by atoms with van der Waals surface area (Å²) >= 11 is 0. The standard InChI is InChI=1S/C16H24N6O/c1-23-16-11-21(10-14(16)15-8-17-20-19-15)9-13-6-7-18-22(13)12-4-2-3-5-12/h6-8,12,14,16H,2-5,9-11H2,1H3,(H,17,19,20)/t14-,16+/m0/s1. The summed E-state index contributed by atoms with van der Waals surface area (Å²) < 4.78 is 7.93. The summed E-state index contributed by atoms with van der Waals surface area (Å²) in [5.41, 5.74) is 2.30. The molecule has 0 aromatic carbocycles. The van der Waals surface area contributed by atoms with Gasteiger partial charge in [0.25, 0.3) is 0 Å². The molecule has 2 aliphatic rings. The van der Waals surface area contributed by atoms with Crippen LogP contribution in [-0.2, 0) is 11.3 Å². The van der Waals surface area contributed by atoms with Crippen LogP contribution < -0.4 is 0 Å². The van der Waals surface area contributed by atoms with Crippen LogP contribution >= 0.6 is 0 Å². The molecule has 7 heteroatoms. The van der Waals surface area contributed by atoms with E-state index in [2.05, 4.69) is 36.2 Å². The Balaban J connectivity index is 1.47. The molecule has 1 saturated heterocycles. The number of aromatic nitrogens is 5. The average Bonchev–Trinajstić information content (AvgIpc) is 3.34. The first-order chi connectivity index (χ1) is 11.3. The fraction of sp³-hybridized carbons (Fsp3) is 0.688. The van der Waals surface area contributed by atoms with E-state index in [9.17, 15) is 0 Å². The van der Waals surface area contributed by atoms with Crippen LogP contribution in [0.15, 0.2) is 18.5 Å². The summed E-state index contributed by atoms with van der Waals surface area (Å²) in [5, 5.41) is 15.5. The van der Waals surface area contributed by atoms with Gasteiger partial charge in [-0.05, 0) is 18.9 Å². The number of nitrogens with zero attached hydrogens (tertiary/aromatic N) is 5. The molecule has 1 aliphatic heterocycles. The second kappa shape index (κ2) is 6.41. The van der Waals surface area contributed by atoms with Gasteiger partial charge in [0.05, 0.1) is 29.7 Å². The van der Waals surface area contributed by atoms with Crippen molar-refractivity contribution in [1.82, 2.24) is 30.1 Å². The van der Waals surface area contributed by atoms with E-state index in [1.807, 2.05) is 12.4 Å². The highest BCUT2D eigenvalue weighted by Gasteiger charge is 2.36. The molecule has 2 fully saturated rings. The van der Waals surface area contributed by atoms with Crippen molar-refractivity contribution in [1.29, 1.82) is 0 Å². The van der Waals surface area contributed by atoms with Gasteiger partial charge in [-0.1, -0.05) is 12.8 Å². The molecular formula is C16H24N6O. The van der Waals surface area contributed by atoms with Crippen LogP contribution in [0.5, 0.6) is 0 Å². The van der Waals surface area contributed by atoms with E-state index in [0.717, 1.165) is 25.3 Å². The molecule has 0 spiro atoms. The zero-order valence-corrected chi connectivity index (χ0v) is 13.6. The fourth-order valence-corrected chi connectivity index (χ4v) is 4.07. The third kappa shape index (κ3) is 2.90. The maximum atomic E-state index is 5.68. The molecule has 0 unspecified atom stereocenters. The minimum atomic E-state index is 0.169. The number of ether oxygens (including phenoxy) is 1. The number of methoxy groups -OCH3 is 1. The molecule has 7 nitrogen and oxygen atoms in total. The van der Waals surface area contributed by atoms with Crippen LogP contribution in [0.4, 0.5) is 0 Å². The Bertz CT molecular complexity index is 618. The van der Waals surface area contributed by atoms with Crippen LogP contribution in [0.1, 0.15) is 49.0 Å². The fourth-order valence-electron chi connectivity index (χ4n) is 4.07. The lowest BCUT2D eigenvalue weighted by Crippen LogP contribution is -2.24. The number of hydrogen-bond donors (Lipinski definition) is 1. The molecule has 1 N–H and O–H groups in total. The van der Waals surface area contributed by atoms with E-state index in [4.69, 9.17) is 4.74 Å². The SMILES string of the molecule is CO[C@@H]1CN(Cc2ccnn2C2CCCC2)C[C@H]1c1cn[nH]n1. The molecule has 1 saturated carbocycles. The molecular weight excluding hydrogens is 292 g/mol. The number of likely N-dealkylation sites (tertiary alicyclic amines) is 1. The lowest BCUT2D eigenvalue weighted by Gasteiger charge is -2.19. The van der Waals surface area contributed by atoms with Crippen molar-refractivity contribution in [2.24, 2.45) is 0 Å². The van der Waals surface area contributed by atoms with Gasteiger partial charge in [-0.25, -0.2) is 0 Å². The van der Waals surface area contributed by atoms with Gasteiger partial charge in [0, 0.05) is 38.9 Å². The smallest absolute Gasteiger partial charge is 0.0894 e. The Morgan fingerprint density at radius 2 is 2.17 bits per heavy atom. The van der Waals surface area contributed by atoms with Crippen molar-refractivity contribution in [3.8, 4) is 0 Å². The van der Waals surface area contributed by atoms with Crippen LogP contribution in [0, 0.1) is 0 Å². The molecule has 0 bridgehead atoms. The van der Waals surface area contributed by atoms with Gasteiger partial charge < -0.3 is 4.74 Å². The van der Waals surface area contributed by atoms with Crippen LogP contribution in [0.2, 0.25) is 0 Å². The topological polar surface area (TPSA) is 71.9 Å². The molecule has 3 heterocycles. The van der Waals surface area contributed by atoms with Gasteiger partial charge in [-0.15, -0.1) is 0 Å². The Labute approximate surface area is 136 Å². The molecule has 0 amide bonds. The first-order valence-electron chi connectivity index (χ1n) is 8.48. The highest BCUT2D eigenvalue weighted by Crippen LogP contribution is 2.32. The Hall–Kier alpha value is -1.73. The number of hydrogen-bond acceptors (Lipinski definition) is 5. The normalized spacial score (nSPS) is 26.3. The second-order valence-corrected chi connectivity index (χ2v) is 6.67. The number of H-pyrrole nitrogens is 1. The lowest BCUT2D eigenvalue weighted by molar-refractivity contribution is 0.0954. The highest BCUT2D eigenvalue weighted by atomic mass is 16.5. The first kappa shape index (κ1) is 14.8. The molecule has 2 aromatic rings. The van der Waals surface area contributed by atoms with Crippen molar-refractivity contribution in [3.63, 3.8) is 0 Å². The van der Waals surface area contributed by atoms with E-state index in [1.54, 1.807) is 7.11 Å². The first-order valence-corrected chi connectivity index (χ1v) is 8.48. The highest BCUT2D eigenvalue weighted by molar-refractivity contribution is 5.11. The number of rotatable bonds is 5. The minimum absolute atomic E-state index is 0.169. The zero-order chi connectivity index (χ0) is 15.6. The van der Waals surface area contributed by atoms with Gasteiger partial charge in [0.15, 0.2) is 0 Å². The number of nitrogens with one attached hydrogen (secondary N) is 1. The predicted octanol–water partition coefficient (Wildman–Crippen LogP) is 1.73. The molecule has 124 valence electrons. The molecule has 4 rings (SSSR count). The third-order valence-electron chi connectivity index (χ3n) is 5.27. The zero-order valence-electron chi connectivity index (χ0n) is 13.6. The van der Waals surface area contributed by atoms with E-state index in [0.29, 0.717) is 6.04 Å². The summed E-state index contributed by atoms with van der Waals surface area (Å²) in [6.07, 6.45) is 9.09. The van der Waals surface area contributed by atoms with Crippen molar-refractivity contribution < 1.29 is 4.74 Å². The summed E-state index contributed by atoms with van der Waals surface area (Å²) in [6.45, 7) is 2.79. The second-order valence-electron chi connectivity index (χ2n) is 6.67. The average molecular weight is 316 g/mol. The summed E-state index contributed by atoms with van der Waals surface area (Å²) in [7, 11) is 1.78. The maximum absolute atomic E-state index is 5.68. The summed E-state index contributed by atoms with van der Waals surface area (Å²) in [5.74, 6) is 0.279. The number of aromatic amines is 1. The van der Waals surface area contributed by atoms with Crippen LogP contribution in [-0.4, -0.2) is 56.4 Å². The Morgan fingerprint density at radius 3 is 2.91 bits per heavy atom. The van der Waals surface area contributed by atoms with Crippen molar-refractivity contribution >= 4 is 0 Å². The van der Waals surface area contributed by atoms with E-state index in [-0.39, 0.29) is 12.0 Å². The molecule has 23 heavy (non-hydrogen) atoms. The van der Waals surface area contributed by atoms with Crippen molar-refractivity contribution in [2.45, 2.75) is 50.3 Å². The summed E-state index contributed by atoms with van der Waals surface area (Å²) in [6, 6.07) is 2.75. The quantitative estimate of drug-likeness (QED) is 0.909. The minimum Gasteiger partial charge on any atom is -0.379 e. The van der Waals surface area contributed by atoms with Gasteiger partial charge >= 0.3 is 0 Å². The Morgan fingerprint density at radius 1 is 1.30 bits per heavy atom. The molecule has 2 atom stereocenters. The van der Waals surface area contributed by atoms with Crippen LogP contribution in [0.25, 0.3) is 0 Å². The summed E-state index contributed by atoms with van der Waals surface area (Å²) in [4.78, 5) is 2.44. The molecule has 1 aliphatic carbocycles. The van der Waals surface area contributed by atoms with Crippen molar-refractivity contribution in [2.75, 3.05) is 20.2 Å². The Kier molecular flexibility index (Phi) is 4.13. The van der Waals surface area contributed by atoms with Gasteiger partial charge in [0.1, 0.15) is 0 Å². The van der Waals surface area contributed by atoms with E-state index < -0.39 is 0 Å². The largest absolute Gasteiger partial charge is 0.379 e. The third-order valence-corrected chi connectivity index (χ3v) is 5.27. The van der Waals surface area contributed by atoms with E-state index in [1.165, 1.54) is 31.4 Å².